The Hall–Kier alpha value is -2.14. The van der Waals surface area contributed by atoms with Crippen LogP contribution < -0.4 is 0 Å². The number of hydrogen-bond donors (Lipinski definition) is 0. The number of nitrogens with zero attached hydrogens (tertiary/aromatic N) is 5. The van der Waals surface area contributed by atoms with Gasteiger partial charge in [0.2, 0.25) is 5.78 Å². The lowest BCUT2D eigenvalue weighted by Crippen LogP contribution is -2.20. The van der Waals surface area contributed by atoms with Crippen LogP contribution >= 0.6 is 0 Å². The molecule has 0 fully saturated rings. The van der Waals surface area contributed by atoms with E-state index >= 15 is 0 Å². The Kier molecular flexibility index (Phi) is 3.51. The van der Waals surface area contributed by atoms with Crippen molar-refractivity contribution in [1.82, 2.24) is 23.8 Å². The molecular weight excluding hydrogens is 262 g/mol. The summed E-state index contributed by atoms with van der Waals surface area (Å²) in [5, 5.41) is 0. The molecule has 3 aromatic heterocycles. The van der Waals surface area contributed by atoms with Gasteiger partial charge >= 0.3 is 0 Å². The number of rotatable bonds is 4. The van der Waals surface area contributed by atoms with Gasteiger partial charge < -0.3 is 4.57 Å². The molecule has 5 heteroatoms. The van der Waals surface area contributed by atoms with Gasteiger partial charge in [-0.15, -0.1) is 0 Å². The Balaban J connectivity index is 1.83. The number of aryl methyl sites for hydroxylation is 3. The monoisotopic (exact) mass is 283 g/mol. The summed E-state index contributed by atoms with van der Waals surface area (Å²) in [6.07, 6.45) is 4.00. The first-order valence-electron chi connectivity index (χ1n) is 7.14. The first-order valence-corrected chi connectivity index (χ1v) is 7.14. The zero-order valence-corrected chi connectivity index (χ0v) is 13.0. The minimum absolute atomic E-state index is 0.787. The van der Waals surface area contributed by atoms with E-state index in [0.29, 0.717) is 0 Å². The molecule has 5 nitrogen and oxygen atoms in total. The van der Waals surface area contributed by atoms with Gasteiger partial charge in [-0.3, -0.25) is 9.30 Å². The fourth-order valence-corrected chi connectivity index (χ4v) is 2.78. The molecule has 0 aliphatic carbocycles. The maximum Gasteiger partial charge on any atom is 0.234 e. The lowest BCUT2D eigenvalue weighted by atomic mass is 10.3. The van der Waals surface area contributed by atoms with Gasteiger partial charge in [-0.05, 0) is 39.1 Å². The van der Waals surface area contributed by atoms with Crippen molar-refractivity contribution in [3.8, 4) is 0 Å². The van der Waals surface area contributed by atoms with Crippen LogP contribution in [0.2, 0.25) is 0 Å². The van der Waals surface area contributed by atoms with Gasteiger partial charge in [-0.2, -0.15) is 0 Å². The Bertz CT molecular complexity index is 768. The van der Waals surface area contributed by atoms with Crippen LogP contribution in [0.4, 0.5) is 0 Å². The highest BCUT2D eigenvalue weighted by Gasteiger charge is 2.11. The SMILES string of the molecule is Cc1cc(C)n2c(CN(C)Cc3cccn3C)cnc2n1. The summed E-state index contributed by atoms with van der Waals surface area (Å²) in [6.45, 7) is 5.86. The Labute approximate surface area is 124 Å². The van der Waals surface area contributed by atoms with Crippen LogP contribution in [0.1, 0.15) is 22.8 Å². The summed E-state index contributed by atoms with van der Waals surface area (Å²) in [7, 11) is 4.21. The molecule has 0 aliphatic rings. The smallest absolute Gasteiger partial charge is 0.234 e. The van der Waals surface area contributed by atoms with Gasteiger partial charge in [0.05, 0.1) is 11.9 Å². The van der Waals surface area contributed by atoms with Gasteiger partial charge in [0.1, 0.15) is 0 Å². The van der Waals surface area contributed by atoms with E-state index in [1.807, 2.05) is 13.1 Å². The van der Waals surface area contributed by atoms with E-state index in [-0.39, 0.29) is 0 Å². The molecule has 0 unspecified atom stereocenters. The van der Waals surface area contributed by atoms with Crippen molar-refractivity contribution in [2.45, 2.75) is 26.9 Å². The molecular formula is C16H21N5. The molecule has 0 radical (unpaired) electrons. The summed E-state index contributed by atoms with van der Waals surface area (Å²) in [4.78, 5) is 11.2. The zero-order valence-electron chi connectivity index (χ0n) is 13.0. The molecule has 110 valence electrons. The molecule has 0 amide bonds. The predicted octanol–water partition coefficient (Wildman–Crippen LogP) is 2.32. The molecule has 3 heterocycles. The van der Waals surface area contributed by atoms with Crippen LogP contribution in [0.15, 0.2) is 30.6 Å². The Morgan fingerprint density at radius 2 is 1.95 bits per heavy atom. The summed E-state index contributed by atoms with van der Waals surface area (Å²) in [5.74, 6) is 0.787. The van der Waals surface area contributed by atoms with Gasteiger partial charge in [-0.25, -0.2) is 9.97 Å². The molecule has 0 saturated heterocycles. The molecule has 3 aromatic rings. The lowest BCUT2D eigenvalue weighted by Gasteiger charge is -2.17. The third-order valence-electron chi connectivity index (χ3n) is 3.78. The lowest BCUT2D eigenvalue weighted by molar-refractivity contribution is 0.306. The average molecular weight is 283 g/mol. The summed E-state index contributed by atoms with van der Waals surface area (Å²) >= 11 is 0. The first-order chi connectivity index (χ1) is 10.0. The second-order valence-corrected chi connectivity index (χ2v) is 5.71. The first kappa shape index (κ1) is 13.8. The van der Waals surface area contributed by atoms with Crippen LogP contribution in [0.3, 0.4) is 0 Å². The van der Waals surface area contributed by atoms with E-state index in [9.17, 15) is 0 Å². The molecule has 3 rings (SSSR count). The van der Waals surface area contributed by atoms with Crippen LogP contribution in [0.25, 0.3) is 5.78 Å². The average Bonchev–Trinajstić information content (AvgIpc) is 2.97. The molecule has 21 heavy (non-hydrogen) atoms. The van der Waals surface area contributed by atoms with Crippen molar-refractivity contribution >= 4 is 5.78 Å². The van der Waals surface area contributed by atoms with E-state index in [1.54, 1.807) is 0 Å². The highest BCUT2D eigenvalue weighted by Crippen LogP contribution is 2.13. The van der Waals surface area contributed by atoms with E-state index in [0.717, 1.165) is 24.6 Å². The standard InChI is InChI=1S/C16H21N5/c1-12-8-13(2)21-15(9-17-16(21)18-12)11-19(3)10-14-6-5-7-20(14)4/h5-9H,10-11H2,1-4H3. The fourth-order valence-electron chi connectivity index (χ4n) is 2.78. The third kappa shape index (κ3) is 2.69. The maximum absolute atomic E-state index is 4.48. The van der Waals surface area contributed by atoms with Gasteiger partial charge in [0, 0.05) is 43.4 Å². The van der Waals surface area contributed by atoms with Crippen molar-refractivity contribution in [3.63, 3.8) is 0 Å². The summed E-state index contributed by atoms with van der Waals surface area (Å²) in [6, 6.07) is 6.32. The number of hydrogen-bond acceptors (Lipinski definition) is 3. The van der Waals surface area contributed by atoms with E-state index < -0.39 is 0 Å². The Morgan fingerprint density at radius 1 is 1.19 bits per heavy atom. The van der Waals surface area contributed by atoms with Gasteiger partial charge in [-0.1, -0.05) is 0 Å². The summed E-state index contributed by atoms with van der Waals surface area (Å²) in [5.41, 5.74) is 4.66. The van der Waals surface area contributed by atoms with Gasteiger partial charge in [0.25, 0.3) is 0 Å². The molecule has 0 spiro atoms. The Morgan fingerprint density at radius 3 is 2.67 bits per heavy atom. The number of fused-ring (bicyclic) bond motifs is 1. The second-order valence-electron chi connectivity index (χ2n) is 5.71. The molecule has 0 saturated carbocycles. The van der Waals surface area contributed by atoms with E-state index in [1.165, 1.54) is 17.1 Å². The molecule has 0 N–H and O–H groups in total. The summed E-state index contributed by atoms with van der Waals surface area (Å²) < 4.78 is 4.29. The van der Waals surface area contributed by atoms with Crippen molar-refractivity contribution in [2.75, 3.05) is 7.05 Å². The number of aromatic nitrogens is 4. The highest BCUT2D eigenvalue weighted by atomic mass is 15.2. The fraction of sp³-hybridized carbons (Fsp3) is 0.375. The van der Waals surface area contributed by atoms with Crippen molar-refractivity contribution in [2.24, 2.45) is 7.05 Å². The second kappa shape index (κ2) is 5.33. The molecule has 0 atom stereocenters. The molecule has 0 aromatic carbocycles. The minimum Gasteiger partial charge on any atom is -0.353 e. The zero-order chi connectivity index (χ0) is 15.0. The van der Waals surface area contributed by atoms with Crippen molar-refractivity contribution < 1.29 is 0 Å². The van der Waals surface area contributed by atoms with Crippen LogP contribution in [-0.4, -0.2) is 30.9 Å². The predicted molar refractivity (Wildman–Crippen MR) is 83.0 cm³/mol. The van der Waals surface area contributed by atoms with Crippen molar-refractivity contribution in [3.05, 3.63) is 53.4 Å². The van der Waals surface area contributed by atoms with Crippen LogP contribution in [0.5, 0.6) is 0 Å². The minimum atomic E-state index is 0.787. The largest absolute Gasteiger partial charge is 0.353 e. The molecule has 0 bridgehead atoms. The normalized spacial score (nSPS) is 11.7. The maximum atomic E-state index is 4.48. The van der Waals surface area contributed by atoms with Gasteiger partial charge in [0.15, 0.2) is 0 Å². The number of imidazole rings is 1. The highest BCUT2D eigenvalue weighted by molar-refractivity contribution is 5.35. The van der Waals surface area contributed by atoms with E-state index in [2.05, 4.69) is 69.3 Å². The van der Waals surface area contributed by atoms with Crippen LogP contribution in [-0.2, 0) is 20.1 Å². The third-order valence-corrected chi connectivity index (χ3v) is 3.78. The van der Waals surface area contributed by atoms with Crippen LogP contribution in [0, 0.1) is 13.8 Å². The van der Waals surface area contributed by atoms with Crippen molar-refractivity contribution in [1.29, 1.82) is 0 Å². The molecule has 0 aliphatic heterocycles. The topological polar surface area (TPSA) is 38.4 Å². The quantitative estimate of drug-likeness (QED) is 0.737. The van der Waals surface area contributed by atoms with E-state index in [4.69, 9.17) is 0 Å².